The summed E-state index contributed by atoms with van der Waals surface area (Å²) in [6.45, 7) is 6.08. The second-order valence-electron chi connectivity index (χ2n) is 6.43. The van der Waals surface area contributed by atoms with Crippen molar-refractivity contribution in [3.8, 4) is 5.82 Å². The first-order valence-corrected chi connectivity index (χ1v) is 8.85. The maximum Gasteiger partial charge on any atom is 0.173 e. The highest BCUT2D eigenvalue weighted by Gasteiger charge is 2.31. The summed E-state index contributed by atoms with van der Waals surface area (Å²) in [5.41, 5.74) is 0. The summed E-state index contributed by atoms with van der Waals surface area (Å²) < 4.78 is 12.8. The number of anilines is 1. The lowest BCUT2D eigenvalue weighted by Gasteiger charge is -2.37. The molecule has 0 aromatic carbocycles. The van der Waals surface area contributed by atoms with E-state index >= 15 is 0 Å². The van der Waals surface area contributed by atoms with Gasteiger partial charge in [0.2, 0.25) is 0 Å². The summed E-state index contributed by atoms with van der Waals surface area (Å²) >= 11 is 0. The molecule has 0 spiro atoms. The van der Waals surface area contributed by atoms with Crippen molar-refractivity contribution in [3.63, 3.8) is 0 Å². The topological polar surface area (TPSA) is 77.3 Å². The van der Waals surface area contributed by atoms with Gasteiger partial charge in [-0.25, -0.2) is 9.67 Å². The lowest BCUT2D eigenvalue weighted by molar-refractivity contribution is 0.00459. The first kappa shape index (κ1) is 16.4. The number of rotatable bonds is 6. The molecule has 0 saturated carbocycles. The van der Waals surface area contributed by atoms with E-state index in [4.69, 9.17) is 9.47 Å². The minimum Gasteiger partial charge on any atom is -0.381 e. The van der Waals surface area contributed by atoms with E-state index in [0.29, 0.717) is 17.8 Å². The van der Waals surface area contributed by atoms with E-state index < -0.39 is 0 Å². The van der Waals surface area contributed by atoms with E-state index in [1.54, 1.807) is 23.3 Å². The SMILES string of the molecule is c1cnn(-c2cncc(NCC(C3CCOC3)N3CCOCC3)n2)c1. The molecule has 2 saturated heterocycles. The van der Waals surface area contributed by atoms with Crippen LogP contribution in [0.1, 0.15) is 6.42 Å². The van der Waals surface area contributed by atoms with Crippen LogP contribution in [-0.2, 0) is 9.47 Å². The van der Waals surface area contributed by atoms with Gasteiger partial charge in [-0.15, -0.1) is 0 Å². The molecule has 2 unspecified atom stereocenters. The van der Waals surface area contributed by atoms with Crippen LogP contribution in [0.5, 0.6) is 0 Å². The van der Waals surface area contributed by atoms with Crippen LogP contribution in [0.15, 0.2) is 30.9 Å². The van der Waals surface area contributed by atoms with Gasteiger partial charge in [-0.2, -0.15) is 5.10 Å². The fourth-order valence-corrected chi connectivity index (χ4v) is 3.52. The molecule has 2 fully saturated rings. The summed E-state index contributed by atoms with van der Waals surface area (Å²) in [6.07, 6.45) is 8.18. The normalized spacial score (nSPS) is 22.8. The molecule has 8 nitrogen and oxygen atoms in total. The van der Waals surface area contributed by atoms with Crippen molar-refractivity contribution >= 4 is 5.82 Å². The van der Waals surface area contributed by atoms with Gasteiger partial charge in [-0.3, -0.25) is 9.88 Å². The Hall–Kier alpha value is -2.03. The summed E-state index contributed by atoms with van der Waals surface area (Å²) in [4.78, 5) is 11.4. The maximum atomic E-state index is 5.62. The van der Waals surface area contributed by atoms with Crippen molar-refractivity contribution in [2.24, 2.45) is 5.92 Å². The monoisotopic (exact) mass is 344 g/mol. The molecule has 2 aliphatic rings. The number of hydrogen-bond donors (Lipinski definition) is 1. The van der Waals surface area contributed by atoms with Crippen molar-refractivity contribution in [2.45, 2.75) is 12.5 Å². The fourth-order valence-electron chi connectivity index (χ4n) is 3.52. The van der Waals surface area contributed by atoms with Gasteiger partial charge < -0.3 is 14.8 Å². The largest absolute Gasteiger partial charge is 0.381 e. The third-order valence-corrected chi connectivity index (χ3v) is 4.88. The Balaban J connectivity index is 1.44. The Kier molecular flexibility index (Phi) is 5.19. The zero-order chi connectivity index (χ0) is 16.9. The molecule has 0 bridgehead atoms. The van der Waals surface area contributed by atoms with E-state index in [2.05, 4.69) is 25.3 Å². The first-order chi connectivity index (χ1) is 12.4. The number of nitrogens with one attached hydrogen (secondary N) is 1. The van der Waals surface area contributed by atoms with E-state index in [1.807, 2.05) is 12.3 Å². The van der Waals surface area contributed by atoms with Gasteiger partial charge in [0.15, 0.2) is 5.82 Å². The summed E-state index contributed by atoms with van der Waals surface area (Å²) in [7, 11) is 0. The van der Waals surface area contributed by atoms with Crippen LogP contribution in [-0.4, -0.2) is 76.8 Å². The standard InChI is InChI=1S/C17H24N6O2/c1-3-20-23(4-1)17-12-18-11-16(21-17)19-10-15(14-2-7-25-13-14)22-5-8-24-9-6-22/h1,3-4,11-12,14-15H,2,5-10,13H2,(H,19,21). The molecular formula is C17H24N6O2. The number of morpholine rings is 1. The molecular weight excluding hydrogens is 320 g/mol. The molecule has 2 atom stereocenters. The van der Waals surface area contributed by atoms with Gasteiger partial charge in [0, 0.05) is 50.6 Å². The van der Waals surface area contributed by atoms with Crippen molar-refractivity contribution in [2.75, 3.05) is 51.4 Å². The smallest absolute Gasteiger partial charge is 0.173 e. The molecule has 0 amide bonds. The Bertz CT molecular complexity index is 653. The van der Waals surface area contributed by atoms with Gasteiger partial charge in [0.25, 0.3) is 0 Å². The van der Waals surface area contributed by atoms with E-state index in [-0.39, 0.29) is 0 Å². The Morgan fingerprint density at radius 2 is 2.12 bits per heavy atom. The highest BCUT2D eigenvalue weighted by atomic mass is 16.5. The third-order valence-electron chi connectivity index (χ3n) is 4.88. The number of nitrogens with zero attached hydrogens (tertiary/aromatic N) is 5. The van der Waals surface area contributed by atoms with E-state index in [0.717, 1.165) is 58.3 Å². The molecule has 4 rings (SSSR count). The van der Waals surface area contributed by atoms with Crippen LogP contribution in [0.25, 0.3) is 5.82 Å². The molecule has 4 heterocycles. The van der Waals surface area contributed by atoms with Crippen LogP contribution in [0.2, 0.25) is 0 Å². The van der Waals surface area contributed by atoms with Gasteiger partial charge in [0.05, 0.1) is 32.2 Å². The van der Waals surface area contributed by atoms with E-state index in [9.17, 15) is 0 Å². The molecule has 134 valence electrons. The zero-order valence-corrected chi connectivity index (χ0v) is 14.3. The highest BCUT2D eigenvalue weighted by molar-refractivity contribution is 5.35. The van der Waals surface area contributed by atoms with Crippen LogP contribution < -0.4 is 5.32 Å². The Morgan fingerprint density at radius 3 is 2.88 bits per heavy atom. The second kappa shape index (κ2) is 7.90. The van der Waals surface area contributed by atoms with Gasteiger partial charge >= 0.3 is 0 Å². The Labute approximate surface area is 147 Å². The third kappa shape index (κ3) is 3.97. The zero-order valence-electron chi connectivity index (χ0n) is 14.3. The molecule has 25 heavy (non-hydrogen) atoms. The Morgan fingerprint density at radius 1 is 1.20 bits per heavy atom. The fraction of sp³-hybridized carbons (Fsp3) is 0.588. The molecule has 1 N–H and O–H groups in total. The lowest BCUT2D eigenvalue weighted by atomic mass is 9.97. The first-order valence-electron chi connectivity index (χ1n) is 8.85. The molecule has 2 aromatic heterocycles. The lowest BCUT2D eigenvalue weighted by Crippen LogP contribution is -2.50. The molecule has 2 aliphatic heterocycles. The number of ether oxygens (including phenoxy) is 2. The van der Waals surface area contributed by atoms with Crippen LogP contribution in [0.3, 0.4) is 0 Å². The molecule has 0 radical (unpaired) electrons. The van der Waals surface area contributed by atoms with Crippen molar-refractivity contribution < 1.29 is 9.47 Å². The average Bonchev–Trinajstić information content (AvgIpc) is 3.37. The van der Waals surface area contributed by atoms with Gasteiger partial charge in [-0.1, -0.05) is 0 Å². The average molecular weight is 344 g/mol. The number of aromatic nitrogens is 4. The van der Waals surface area contributed by atoms with Crippen LogP contribution in [0.4, 0.5) is 5.82 Å². The predicted octanol–water partition coefficient (Wildman–Crippen LogP) is 0.812. The minimum atomic E-state index is 0.418. The van der Waals surface area contributed by atoms with Gasteiger partial charge in [-0.05, 0) is 12.5 Å². The number of hydrogen-bond acceptors (Lipinski definition) is 7. The minimum absolute atomic E-state index is 0.418. The predicted molar refractivity (Wildman–Crippen MR) is 92.7 cm³/mol. The van der Waals surface area contributed by atoms with Crippen molar-refractivity contribution in [1.29, 1.82) is 0 Å². The highest BCUT2D eigenvalue weighted by Crippen LogP contribution is 2.22. The van der Waals surface area contributed by atoms with Crippen LogP contribution in [0, 0.1) is 5.92 Å². The summed E-state index contributed by atoms with van der Waals surface area (Å²) in [5, 5.41) is 7.68. The van der Waals surface area contributed by atoms with Crippen molar-refractivity contribution in [3.05, 3.63) is 30.9 Å². The van der Waals surface area contributed by atoms with E-state index in [1.165, 1.54) is 0 Å². The molecule has 0 aliphatic carbocycles. The maximum absolute atomic E-state index is 5.62. The second-order valence-corrected chi connectivity index (χ2v) is 6.43. The summed E-state index contributed by atoms with van der Waals surface area (Å²) in [5.74, 6) is 2.03. The summed E-state index contributed by atoms with van der Waals surface area (Å²) in [6, 6.07) is 2.29. The quantitative estimate of drug-likeness (QED) is 0.831. The van der Waals surface area contributed by atoms with Gasteiger partial charge in [0.1, 0.15) is 5.82 Å². The molecule has 8 heteroatoms. The van der Waals surface area contributed by atoms with Crippen LogP contribution >= 0.6 is 0 Å². The van der Waals surface area contributed by atoms with Crippen molar-refractivity contribution in [1.82, 2.24) is 24.6 Å². The molecule has 2 aromatic rings.